The molecule has 0 bridgehead atoms. The van der Waals surface area contributed by atoms with Crippen LogP contribution in [0.1, 0.15) is 35.2 Å². The van der Waals surface area contributed by atoms with Crippen molar-refractivity contribution in [2.75, 3.05) is 12.3 Å². The molecule has 2 aromatic heterocycles. The highest BCUT2D eigenvalue weighted by atomic mass is 16.4. The molecule has 4 N–H and O–H groups in total. The number of aromatic nitrogens is 2. The van der Waals surface area contributed by atoms with Gasteiger partial charge < -0.3 is 16.2 Å². The fourth-order valence-electron chi connectivity index (χ4n) is 2.49. The maximum Gasteiger partial charge on any atom is 0.356 e. The van der Waals surface area contributed by atoms with Crippen LogP contribution < -0.4 is 11.1 Å². The monoisotopic (exact) mass is 246 g/mol. The number of nitrogens with two attached hydrogens (primary N) is 1. The van der Waals surface area contributed by atoms with Gasteiger partial charge >= 0.3 is 5.97 Å². The number of hydrogen-bond acceptors (Lipinski definition) is 4. The molecule has 94 valence electrons. The third-order valence-electron chi connectivity index (χ3n) is 3.30. The van der Waals surface area contributed by atoms with Gasteiger partial charge in [-0.3, -0.25) is 4.40 Å². The summed E-state index contributed by atoms with van der Waals surface area (Å²) >= 11 is 0. The number of nitrogen functional groups attached to an aromatic ring is 1. The second-order valence-corrected chi connectivity index (χ2v) is 4.45. The van der Waals surface area contributed by atoms with E-state index in [1.165, 1.54) is 0 Å². The van der Waals surface area contributed by atoms with Crippen molar-refractivity contribution in [3.63, 3.8) is 0 Å². The zero-order chi connectivity index (χ0) is 12.7. The van der Waals surface area contributed by atoms with Gasteiger partial charge in [-0.15, -0.1) is 0 Å². The van der Waals surface area contributed by atoms with Crippen molar-refractivity contribution in [2.24, 2.45) is 0 Å². The molecule has 0 saturated carbocycles. The van der Waals surface area contributed by atoms with Crippen LogP contribution in [0.15, 0.2) is 18.3 Å². The van der Waals surface area contributed by atoms with Gasteiger partial charge in [-0.25, -0.2) is 9.78 Å². The standard InChI is InChI=1S/C12H14N4O2/c13-7-3-2-6-16-10(7)9(12(17)18)15-11(16)8-4-1-5-14-8/h2-3,6,8,14H,1,4-5,13H2,(H,17,18). The van der Waals surface area contributed by atoms with Crippen LogP contribution in [0.3, 0.4) is 0 Å². The highest BCUT2D eigenvalue weighted by Gasteiger charge is 2.25. The Morgan fingerprint density at radius 1 is 1.61 bits per heavy atom. The molecule has 6 nitrogen and oxygen atoms in total. The average molecular weight is 246 g/mol. The van der Waals surface area contributed by atoms with E-state index in [-0.39, 0.29) is 11.7 Å². The second kappa shape index (κ2) is 3.99. The van der Waals surface area contributed by atoms with E-state index in [1.807, 2.05) is 0 Å². The lowest BCUT2D eigenvalue weighted by atomic mass is 10.2. The van der Waals surface area contributed by atoms with Crippen molar-refractivity contribution < 1.29 is 9.90 Å². The molecule has 6 heteroatoms. The Morgan fingerprint density at radius 3 is 3.11 bits per heavy atom. The van der Waals surface area contributed by atoms with Crippen molar-refractivity contribution in [1.29, 1.82) is 0 Å². The van der Waals surface area contributed by atoms with E-state index >= 15 is 0 Å². The molecular weight excluding hydrogens is 232 g/mol. The third-order valence-corrected chi connectivity index (χ3v) is 3.30. The number of pyridine rings is 1. The second-order valence-electron chi connectivity index (χ2n) is 4.45. The zero-order valence-corrected chi connectivity index (χ0v) is 9.76. The molecule has 2 aromatic rings. The number of carboxylic acids is 1. The molecule has 1 saturated heterocycles. The van der Waals surface area contributed by atoms with Gasteiger partial charge in [0.05, 0.1) is 11.7 Å². The molecule has 0 amide bonds. The van der Waals surface area contributed by atoms with Crippen molar-refractivity contribution in [3.05, 3.63) is 29.8 Å². The Bertz CT molecular complexity index is 614. The number of fused-ring (bicyclic) bond motifs is 1. The molecular formula is C12H14N4O2. The summed E-state index contributed by atoms with van der Waals surface area (Å²) in [6.07, 6.45) is 3.84. The third kappa shape index (κ3) is 1.53. The minimum absolute atomic E-state index is 0.0248. The van der Waals surface area contributed by atoms with Crippen LogP contribution in [-0.2, 0) is 0 Å². The molecule has 18 heavy (non-hydrogen) atoms. The lowest BCUT2D eigenvalue weighted by Crippen LogP contribution is -2.16. The Kier molecular flexibility index (Phi) is 2.45. The Hall–Kier alpha value is -2.08. The largest absolute Gasteiger partial charge is 0.476 e. The zero-order valence-electron chi connectivity index (χ0n) is 9.76. The first-order chi connectivity index (χ1) is 8.68. The van der Waals surface area contributed by atoms with Crippen LogP contribution in [0.5, 0.6) is 0 Å². The summed E-state index contributed by atoms with van der Waals surface area (Å²) in [6.45, 7) is 0.935. The summed E-state index contributed by atoms with van der Waals surface area (Å²) in [5, 5.41) is 12.5. The van der Waals surface area contributed by atoms with Gasteiger partial charge in [-0.1, -0.05) is 0 Å². The summed E-state index contributed by atoms with van der Waals surface area (Å²) in [5.74, 6) is -0.318. The highest BCUT2D eigenvalue weighted by Crippen LogP contribution is 2.27. The first kappa shape index (κ1) is 11.0. The molecule has 1 fully saturated rings. The number of hydrogen-bond donors (Lipinski definition) is 3. The molecule has 3 heterocycles. The fourth-order valence-corrected chi connectivity index (χ4v) is 2.49. The van der Waals surface area contributed by atoms with E-state index in [2.05, 4.69) is 10.3 Å². The predicted octanol–water partition coefficient (Wildman–Crippen LogP) is 1.04. The number of nitrogens with one attached hydrogen (secondary N) is 1. The molecule has 1 unspecified atom stereocenters. The number of aromatic carboxylic acids is 1. The molecule has 0 aliphatic carbocycles. The Balaban J connectivity index is 2.26. The summed E-state index contributed by atoms with van der Waals surface area (Å²) in [5.41, 5.74) is 6.80. The molecule has 0 aromatic carbocycles. The van der Waals surface area contributed by atoms with Crippen molar-refractivity contribution in [1.82, 2.24) is 14.7 Å². The van der Waals surface area contributed by atoms with E-state index in [1.54, 1.807) is 22.7 Å². The highest BCUT2D eigenvalue weighted by molar-refractivity contribution is 5.97. The summed E-state index contributed by atoms with van der Waals surface area (Å²) < 4.78 is 1.78. The first-order valence-corrected chi connectivity index (χ1v) is 5.91. The van der Waals surface area contributed by atoms with E-state index in [0.717, 1.165) is 25.2 Å². The molecule has 1 atom stereocenters. The number of carbonyl (C=O) groups is 1. The lowest BCUT2D eigenvalue weighted by molar-refractivity contribution is 0.0693. The quantitative estimate of drug-likeness (QED) is 0.736. The van der Waals surface area contributed by atoms with E-state index in [9.17, 15) is 9.90 Å². The molecule has 0 spiro atoms. The number of imidazole rings is 1. The van der Waals surface area contributed by atoms with Gasteiger partial charge in [0.1, 0.15) is 11.3 Å². The molecule has 1 aliphatic heterocycles. The smallest absolute Gasteiger partial charge is 0.356 e. The van der Waals surface area contributed by atoms with Crippen LogP contribution in [0.4, 0.5) is 5.69 Å². The minimum Gasteiger partial charge on any atom is -0.476 e. The van der Waals surface area contributed by atoms with Gasteiger partial charge in [-0.05, 0) is 31.5 Å². The number of carboxylic acid groups (broad SMARTS) is 1. The van der Waals surface area contributed by atoms with Crippen LogP contribution in [0, 0.1) is 0 Å². The van der Waals surface area contributed by atoms with Crippen molar-refractivity contribution in [2.45, 2.75) is 18.9 Å². The first-order valence-electron chi connectivity index (χ1n) is 5.91. The predicted molar refractivity (Wildman–Crippen MR) is 66.5 cm³/mol. The van der Waals surface area contributed by atoms with E-state index in [4.69, 9.17) is 5.73 Å². The van der Waals surface area contributed by atoms with Gasteiger partial charge in [0.25, 0.3) is 0 Å². The van der Waals surface area contributed by atoms with E-state index in [0.29, 0.717) is 11.2 Å². The fraction of sp³-hybridized carbons (Fsp3) is 0.333. The van der Waals surface area contributed by atoms with Crippen molar-refractivity contribution >= 4 is 17.2 Å². The topological polar surface area (TPSA) is 92.7 Å². The van der Waals surface area contributed by atoms with Crippen LogP contribution in [-0.4, -0.2) is 27.0 Å². The number of anilines is 1. The van der Waals surface area contributed by atoms with Crippen LogP contribution in [0.2, 0.25) is 0 Å². The van der Waals surface area contributed by atoms with Crippen molar-refractivity contribution in [3.8, 4) is 0 Å². The minimum atomic E-state index is -1.05. The molecule has 3 rings (SSSR count). The van der Waals surface area contributed by atoms with Crippen LogP contribution in [0.25, 0.3) is 5.52 Å². The summed E-state index contributed by atoms with van der Waals surface area (Å²) in [6, 6.07) is 3.59. The molecule has 1 aliphatic rings. The van der Waals surface area contributed by atoms with Gasteiger partial charge in [0.2, 0.25) is 0 Å². The Morgan fingerprint density at radius 2 is 2.44 bits per heavy atom. The summed E-state index contributed by atoms with van der Waals surface area (Å²) in [4.78, 5) is 15.5. The van der Waals surface area contributed by atoms with Gasteiger partial charge in [-0.2, -0.15) is 0 Å². The SMILES string of the molecule is Nc1cccn2c(C3CCCN3)nc(C(=O)O)c12. The lowest BCUT2D eigenvalue weighted by Gasteiger charge is -2.08. The number of rotatable bonds is 2. The maximum absolute atomic E-state index is 11.2. The van der Waals surface area contributed by atoms with E-state index < -0.39 is 5.97 Å². The van der Waals surface area contributed by atoms with Crippen LogP contribution >= 0.6 is 0 Å². The van der Waals surface area contributed by atoms with Gasteiger partial charge in [0.15, 0.2) is 5.69 Å². The Labute approximate surface area is 103 Å². The number of nitrogens with zero attached hydrogens (tertiary/aromatic N) is 2. The van der Waals surface area contributed by atoms with Gasteiger partial charge in [0, 0.05) is 6.20 Å². The maximum atomic E-state index is 11.2. The average Bonchev–Trinajstić information content (AvgIpc) is 2.95. The summed E-state index contributed by atoms with van der Waals surface area (Å²) in [7, 11) is 0. The molecule has 0 radical (unpaired) electrons. The normalized spacial score (nSPS) is 19.4.